The predicted octanol–water partition coefficient (Wildman–Crippen LogP) is 21.7. The van der Waals surface area contributed by atoms with Crippen LogP contribution in [0.1, 0.15) is 348 Å². The van der Waals surface area contributed by atoms with E-state index in [1.165, 1.54) is 289 Å². The third-order valence-corrected chi connectivity index (χ3v) is 16.8. The highest BCUT2D eigenvalue weighted by atomic mass is 31.2. The van der Waals surface area contributed by atoms with Gasteiger partial charge in [0.25, 0.3) is 0 Å². The molecule has 0 spiro atoms. The molecule has 0 heterocycles. The summed E-state index contributed by atoms with van der Waals surface area (Å²) >= 11 is 0. The number of aliphatic hydroxyl groups is 1. The Hall–Kier alpha value is -1.28. The number of nitrogens with zero attached hydrogens (tertiary/aromatic N) is 1. The van der Waals surface area contributed by atoms with Gasteiger partial charge in [-0.25, -0.2) is 4.57 Å². The van der Waals surface area contributed by atoms with Gasteiger partial charge in [-0.1, -0.05) is 326 Å². The number of likely N-dealkylation sites (N-methyl/N-ethyl adjacent to an activating group) is 1. The summed E-state index contributed by atoms with van der Waals surface area (Å²) < 4.78 is 23.8. The van der Waals surface area contributed by atoms with Crippen molar-refractivity contribution in [1.82, 2.24) is 5.32 Å². The maximum atomic E-state index is 13.0. The molecule has 0 bridgehead atoms. The number of rotatable bonds is 64. The van der Waals surface area contributed by atoms with E-state index in [-0.39, 0.29) is 19.1 Å². The van der Waals surface area contributed by atoms with E-state index in [4.69, 9.17) is 9.05 Å². The molecule has 0 radical (unpaired) electrons. The van der Waals surface area contributed by atoms with Gasteiger partial charge in [-0.2, -0.15) is 0 Å². The van der Waals surface area contributed by atoms with E-state index in [1.54, 1.807) is 6.08 Å². The highest BCUT2D eigenvalue weighted by molar-refractivity contribution is 7.47. The van der Waals surface area contributed by atoms with E-state index in [9.17, 15) is 19.4 Å². The summed E-state index contributed by atoms with van der Waals surface area (Å²) in [5, 5.41) is 14.0. The number of amides is 1. The van der Waals surface area contributed by atoms with E-state index in [2.05, 4.69) is 43.5 Å². The number of carbonyl (C=O) groups is 1. The molecule has 3 unspecified atom stereocenters. The molecule has 1 amide bonds. The molecular formula is C69H136N2O6P+. The average molecular weight is 1120 g/mol. The summed E-state index contributed by atoms with van der Waals surface area (Å²) in [5.41, 5.74) is 0. The standard InChI is InChI=1S/C69H135N2O6P/c1-6-8-10-12-14-16-18-20-22-24-26-28-30-31-32-33-34-35-36-37-38-39-41-43-45-47-49-51-53-55-57-59-61-63-69(73)70-67(66-77-78(74,75)76-65-64-71(3,4)5)68(72)62-60-58-56-54-52-50-48-46-44-42-40-29-27-25-23-21-19-17-15-13-11-9-7-2/h18,20,24,26,60,62,67-68,72H,6-17,19,21-23,25,27-59,61,63-66H2,1-5H3,(H-,70,73,74,75)/p+1/b20-18-,26-24-,62-60+. The molecule has 0 aromatic rings. The number of aliphatic hydroxyl groups excluding tert-OH is 1. The molecule has 0 aliphatic heterocycles. The van der Waals surface area contributed by atoms with Crippen LogP contribution >= 0.6 is 7.82 Å². The van der Waals surface area contributed by atoms with Crippen molar-refractivity contribution in [3.8, 4) is 0 Å². The molecule has 0 aromatic heterocycles. The van der Waals surface area contributed by atoms with Gasteiger partial charge in [0.2, 0.25) is 5.91 Å². The molecule has 0 fully saturated rings. The van der Waals surface area contributed by atoms with E-state index >= 15 is 0 Å². The van der Waals surface area contributed by atoms with Crippen LogP contribution in [0.3, 0.4) is 0 Å². The lowest BCUT2D eigenvalue weighted by molar-refractivity contribution is -0.870. The number of quaternary nitrogens is 1. The Kier molecular flexibility index (Phi) is 59.3. The smallest absolute Gasteiger partial charge is 0.387 e. The Labute approximate surface area is 487 Å². The van der Waals surface area contributed by atoms with Crippen molar-refractivity contribution < 1.29 is 32.9 Å². The highest BCUT2D eigenvalue weighted by Crippen LogP contribution is 2.43. The molecular weight excluding hydrogens is 984 g/mol. The van der Waals surface area contributed by atoms with E-state index < -0.39 is 20.0 Å². The van der Waals surface area contributed by atoms with Crippen molar-refractivity contribution in [1.29, 1.82) is 0 Å². The second-order valence-electron chi connectivity index (χ2n) is 24.9. The number of phosphoric acid groups is 1. The predicted molar refractivity (Wildman–Crippen MR) is 341 cm³/mol. The number of hydrogen-bond donors (Lipinski definition) is 3. The molecule has 462 valence electrons. The third kappa shape index (κ3) is 62.3. The molecule has 0 rings (SSSR count). The van der Waals surface area contributed by atoms with Gasteiger partial charge in [0, 0.05) is 6.42 Å². The van der Waals surface area contributed by atoms with Crippen LogP contribution in [0.4, 0.5) is 0 Å². The highest BCUT2D eigenvalue weighted by Gasteiger charge is 2.28. The van der Waals surface area contributed by atoms with Gasteiger partial charge in [-0.15, -0.1) is 0 Å². The maximum Gasteiger partial charge on any atom is 0.472 e. The zero-order valence-corrected chi connectivity index (χ0v) is 53.8. The minimum Gasteiger partial charge on any atom is -0.387 e. The molecule has 3 N–H and O–H groups in total. The lowest BCUT2D eigenvalue weighted by Gasteiger charge is -2.25. The van der Waals surface area contributed by atoms with Crippen molar-refractivity contribution in [3.63, 3.8) is 0 Å². The van der Waals surface area contributed by atoms with Crippen LogP contribution in [0.2, 0.25) is 0 Å². The molecule has 0 aliphatic rings. The first kappa shape index (κ1) is 76.7. The second kappa shape index (κ2) is 60.3. The van der Waals surface area contributed by atoms with E-state index in [0.29, 0.717) is 17.4 Å². The first-order valence-corrected chi connectivity index (χ1v) is 35.9. The van der Waals surface area contributed by atoms with Crippen LogP contribution in [0.15, 0.2) is 36.5 Å². The Bertz CT molecular complexity index is 1360. The van der Waals surface area contributed by atoms with Crippen molar-refractivity contribution in [2.45, 2.75) is 360 Å². The van der Waals surface area contributed by atoms with E-state index in [1.807, 2.05) is 27.2 Å². The maximum absolute atomic E-state index is 13.0. The number of carbonyl (C=O) groups excluding carboxylic acids is 1. The van der Waals surface area contributed by atoms with Crippen LogP contribution < -0.4 is 5.32 Å². The van der Waals surface area contributed by atoms with Gasteiger partial charge >= 0.3 is 7.82 Å². The SMILES string of the molecule is CCCCCCC/C=C\C/C=C\CCCCCCCCCCCCCCCCCCCCCCCC(=O)NC(COP(=O)(O)OCC[N+](C)(C)C)C(O)/C=C/CCCCCCCCCCCCCCCCCCCCCCC. The van der Waals surface area contributed by atoms with Crippen LogP contribution in [0, 0.1) is 0 Å². The first-order chi connectivity index (χ1) is 38.0. The first-order valence-electron chi connectivity index (χ1n) is 34.4. The topological polar surface area (TPSA) is 105 Å². The molecule has 8 nitrogen and oxygen atoms in total. The quantitative estimate of drug-likeness (QED) is 0.0243. The summed E-state index contributed by atoms with van der Waals surface area (Å²) in [4.78, 5) is 23.4. The Balaban J connectivity index is 4.03. The number of phosphoric ester groups is 1. The Morgan fingerprint density at radius 2 is 0.731 bits per heavy atom. The number of hydrogen-bond acceptors (Lipinski definition) is 5. The van der Waals surface area contributed by atoms with Gasteiger partial charge in [-0.05, 0) is 51.4 Å². The molecule has 0 aliphatic carbocycles. The number of allylic oxidation sites excluding steroid dienone is 5. The molecule has 3 atom stereocenters. The van der Waals surface area contributed by atoms with Crippen LogP contribution in [0.25, 0.3) is 0 Å². The minimum absolute atomic E-state index is 0.0637. The van der Waals surface area contributed by atoms with Gasteiger partial charge in [0.15, 0.2) is 0 Å². The van der Waals surface area contributed by atoms with Crippen LogP contribution in [0.5, 0.6) is 0 Å². The normalized spacial score (nSPS) is 13.9. The lowest BCUT2D eigenvalue weighted by atomic mass is 10.0. The zero-order chi connectivity index (χ0) is 57.0. The molecule has 0 saturated heterocycles. The molecule has 78 heavy (non-hydrogen) atoms. The largest absolute Gasteiger partial charge is 0.472 e. The molecule has 0 saturated carbocycles. The van der Waals surface area contributed by atoms with Gasteiger partial charge in [-0.3, -0.25) is 13.8 Å². The summed E-state index contributed by atoms with van der Waals surface area (Å²) in [6.07, 6.45) is 80.0. The fourth-order valence-corrected chi connectivity index (χ4v) is 11.2. The monoisotopic (exact) mass is 1120 g/mol. The Morgan fingerprint density at radius 3 is 1.05 bits per heavy atom. The summed E-state index contributed by atoms with van der Waals surface area (Å²) in [5.74, 6) is -0.170. The molecule has 0 aromatic carbocycles. The molecule has 9 heteroatoms. The third-order valence-electron chi connectivity index (χ3n) is 15.9. The summed E-state index contributed by atoms with van der Waals surface area (Å²) in [7, 11) is 1.59. The van der Waals surface area contributed by atoms with Gasteiger partial charge in [0.1, 0.15) is 13.2 Å². The Morgan fingerprint density at radius 1 is 0.436 bits per heavy atom. The zero-order valence-electron chi connectivity index (χ0n) is 52.9. The fraction of sp³-hybridized carbons (Fsp3) is 0.899. The second-order valence-corrected chi connectivity index (χ2v) is 26.4. The van der Waals surface area contributed by atoms with E-state index in [0.717, 1.165) is 38.5 Å². The average Bonchev–Trinajstić information content (AvgIpc) is 3.41. The number of unbranched alkanes of at least 4 members (excludes halogenated alkanes) is 47. The van der Waals surface area contributed by atoms with Crippen molar-refractivity contribution in [3.05, 3.63) is 36.5 Å². The summed E-state index contributed by atoms with van der Waals surface area (Å²) in [6, 6.07) is -0.846. The number of nitrogens with one attached hydrogen (secondary N) is 1. The van der Waals surface area contributed by atoms with Crippen molar-refractivity contribution >= 4 is 13.7 Å². The van der Waals surface area contributed by atoms with Gasteiger partial charge < -0.3 is 19.8 Å². The lowest BCUT2D eigenvalue weighted by Crippen LogP contribution is -2.45. The van der Waals surface area contributed by atoms with Gasteiger partial charge in [0.05, 0.1) is 39.9 Å². The van der Waals surface area contributed by atoms with Crippen LogP contribution in [-0.4, -0.2) is 73.4 Å². The van der Waals surface area contributed by atoms with Crippen molar-refractivity contribution in [2.24, 2.45) is 0 Å². The summed E-state index contributed by atoms with van der Waals surface area (Å²) in [6.45, 7) is 4.86. The fourth-order valence-electron chi connectivity index (χ4n) is 10.5. The van der Waals surface area contributed by atoms with Crippen LogP contribution in [-0.2, 0) is 18.4 Å². The van der Waals surface area contributed by atoms with Crippen molar-refractivity contribution in [2.75, 3.05) is 40.9 Å². The minimum atomic E-state index is -4.35.